The third kappa shape index (κ3) is 4.88. The first kappa shape index (κ1) is 18.1. The molecule has 2 aromatic rings. The predicted octanol–water partition coefficient (Wildman–Crippen LogP) is 3.30. The van der Waals surface area contributed by atoms with Crippen molar-refractivity contribution in [1.29, 1.82) is 0 Å². The van der Waals surface area contributed by atoms with Crippen molar-refractivity contribution in [2.75, 3.05) is 14.1 Å². The summed E-state index contributed by atoms with van der Waals surface area (Å²) in [6, 6.07) is 12.9. The summed E-state index contributed by atoms with van der Waals surface area (Å²) in [4.78, 5) is 2.34. The normalized spacial score (nSPS) is 11.9. The van der Waals surface area contributed by atoms with E-state index in [4.69, 9.17) is 0 Å². The minimum Gasteiger partial charge on any atom is -0.305 e. The molecule has 1 N–H and O–H groups in total. The first-order valence-corrected chi connectivity index (χ1v) is 9.54. The molecule has 0 atom stereocenters. The van der Waals surface area contributed by atoms with Crippen LogP contribution in [0, 0.1) is 6.92 Å². The van der Waals surface area contributed by atoms with Crippen LogP contribution < -0.4 is 4.72 Å². The third-order valence-electron chi connectivity index (χ3n) is 3.50. The fraction of sp³-hybridized carbons (Fsp3) is 0.294. The molecular formula is C17H21BrN2O2S. The molecule has 0 spiro atoms. The summed E-state index contributed by atoms with van der Waals surface area (Å²) >= 11 is 3.38. The number of aryl methyl sites for hydroxylation is 1. The Kier molecular flexibility index (Phi) is 5.97. The fourth-order valence-corrected chi connectivity index (χ4v) is 3.60. The Bertz CT molecular complexity index is 789. The van der Waals surface area contributed by atoms with Crippen LogP contribution in [0.25, 0.3) is 0 Å². The Hall–Kier alpha value is -1.21. The van der Waals surface area contributed by atoms with E-state index in [0.29, 0.717) is 0 Å². The number of sulfonamides is 1. The Labute approximate surface area is 146 Å². The molecule has 0 saturated heterocycles. The average Bonchev–Trinajstić information content (AvgIpc) is 2.48. The summed E-state index contributed by atoms with van der Waals surface area (Å²) in [5.41, 5.74) is 2.99. The highest BCUT2D eigenvalue weighted by molar-refractivity contribution is 9.10. The van der Waals surface area contributed by atoms with E-state index < -0.39 is 10.0 Å². The number of nitrogens with zero attached hydrogens (tertiary/aromatic N) is 1. The third-order valence-corrected chi connectivity index (χ3v) is 5.79. The number of halogens is 1. The van der Waals surface area contributed by atoms with Crippen molar-refractivity contribution in [3.63, 3.8) is 0 Å². The Balaban J connectivity index is 2.18. The molecule has 0 radical (unpaired) electrons. The van der Waals surface area contributed by atoms with Gasteiger partial charge in [-0.05, 0) is 55.9 Å². The van der Waals surface area contributed by atoms with Gasteiger partial charge in [0.25, 0.3) is 0 Å². The van der Waals surface area contributed by atoms with E-state index in [0.717, 1.165) is 27.7 Å². The molecule has 2 rings (SSSR count). The van der Waals surface area contributed by atoms with E-state index in [2.05, 4.69) is 25.6 Å². The number of rotatable bonds is 6. The zero-order valence-corrected chi connectivity index (χ0v) is 15.9. The molecule has 4 nitrogen and oxygen atoms in total. The summed E-state index contributed by atoms with van der Waals surface area (Å²) < 4.78 is 28.5. The van der Waals surface area contributed by atoms with E-state index in [1.807, 2.05) is 45.3 Å². The van der Waals surface area contributed by atoms with Crippen LogP contribution >= 0.6 is 15.9 Å². The zero-order chi connectivity index (χ0) is 17.0. The van der Waals surface area contributed by atoms with Crippen LogP contribution in [0.1, 0.15) is 16.7 Å². The Morgan fingerprint density at radius 3 is 2.35 bits per heavy atom. The molecular weight excluding hydrogens is 376 g/mol. The van der Waals surface area contributed by atoms with Gasteiger partial charge < -0.3 is 4.90 Å². The number of nitrogens with one attached hydrogen (secondary N) is 1. The lowest BCUT2D eigenvalue weighted by Crippen LogP contribution is -2.24. The lowest BCUT2D eigenvalue weighted by Gasteiger charge is -2.15. The second-order valence-corrected chi connectivity index (χ2v) is 8.36. The Morgan fingerprint density at radius 1 is 1.09 bits per heavy atom. The summed E-state index contributed by atoms with van der Waals surface area (Å²) in [5.74, 6) is 0. The van der Waals surface area contributed by atoms with Crippen molar-refractivity contribution in [2.24, 2.45) is 0 Å². The molecule has 0 aliphatic carbocycles. The van der Waals surface area contributed by atoms with Crippen LogP contribution in [0.5, 0.6) is 0 Å². The maximum atomic E-state index is 12.5. The molecule has 0 bridgehead atoms. The number of hydrogen-bond donors (Lipinski definition) is 1. The summed E-state index contributed by atoms with van der Waals surface area (Å²) in [6.07, 6.45) is 0. The highest BCUT2D eigenvalue weighted by atomic mass is 79.9. The molecule has 23 heavy (non-hydrogen) atoms. The van der Waals surface area contributed by atoms with E-state index >= 15 is 0 Å². The van der Waals surface area contributed by atoms with Crippen molar-refractivity contribution in [3.8, 4) is 0 Å². The van der Waals surface area contributed by atoms with Crippen LogP contribution in [0.3, 0.4) is 0 Å². The molecule has 6 heteroatoms. The largest absolute Gasteiger partial charge is 0.305 e. The summed E-state index contributed by atoms with van der Waals surface area (Å²) in [5, 5.41) is 0. The van der Waals surface area contributed by atoms with Gasteiger partial charge >= 0.3 is 0 Å². The molecule has 0 heterocycles. The maximum absolute atomic E-state index is 12.5. The van der Waals surface area contributed by atoms with E-state index in [1.165, 1.54) is 0 Å². The van der Waals surface area contributed by atoms with Gasteiger partial charge in [0.05, 0.1) is 4.90 Å². The van der Waals surface area contributed by atoms with Crippen molar-refractivity contribution < 1.29 is 8.42 Å². The SMILES string of the molecule is Cc1cc(S(=O)(=O)NCc2ccccc2CN(C)C)ccc1Br. The predicted molar refractivity (Wildman–Crippen MR) is 96.7 cm³/mol. The van der Waals surface area contributed by atoms with E-state index in [9.17, 15) is 8.42 Å². The van der Waals surface area contributed by atoms with Gasteiger partial charge in [0.1, 0.15) is 0 Å². The van der Waals surface area contributed by atoms with E-state index in [1.54, 1.807) is 18.2 Å². The molecule has 2 aromatic carbocycles. The minimum atomic E-state index is -3.53. The lowest BCUT2D eigenvalue weighted by molar-refractivity contribution is 0.400. The van der Waals surface area contributed by atoms with E-state index in [-0.39, 0.29) is 11.4 Å². The van der Waals surface area contributed by atoms with Gasteiger partial charge in [0.15, 0.2) is 0 Å². The number of hydrogen-bond acceptors (Lipinski definition) is 3. The van der Waals surface area contributed by atoms with Crippen LogP contribution in [0.4, 0.5) is 0 Å². The molecule has 0 aromatic heterocycles. The van der Waals surface area contributed by atoms with Crippen LogP contribution in [0.2, 0.25) is 0 Å². The minimum absolute atomic E-state index is 0.279. The van der Waals surface area contributed by atoms with Gasteiger partial charge in [0, 0.05) is 17.6 Å². The van der Waals surface area contributed by atoms with Gasteiger partial charge in [0.2, 0.25) is 10.0 Å². The molecule has 0 fully saturated rings. The quantitative estimate of drug-likeness (QED) is 0.814. The lowest BCUT2D eigenvalue weighted by atomic mass is 10.1. The van der Waals surface area contributed by atoms with Crippen LogP contribution in [0.15, 0.2) is 51.8 Å². The monoisotopic (exact) mass is 396 g/mol. The molecule has 0 amide bonds. The van der Waals surface area contributed by atoms with Crippen molar-refractivity contribution in [3.05, 3.63) is 63.6 Å². The topological polar surface area (TPSA) is 49.4 Å². The smallest absolute Gasteiger partial charge is 0.240 e. The molecule has 0 aliphatic rings. The van der Waals surface area contributed by atoms with Crippen molar-refractivity contribution >= 4 is 26.0 Å². The van der Waals surface area contributed by atoms with Crippen molar-refractivity contribution in [2.45, 2.75) is 24.9 Å². The maximum Gasteiger partial charge on any atom is 0.240 e. The van der Waals surface area contributed by atoms with Gasteiger partial charge in [-0.2, -0.15) is 0 Å². The molecule has 124 valence electrons. The van der Waals surface area contributed by atoms with Crippen molar-refractivity contribution in [1.82, 2.24) is 9.62 Å². The van der Waals surface area contributed by atoms with Gasteiger partial charge in [-0.1, -0.05) is 40.2 Å². The zero-order valence-electron chi connectivity index (χ0n) is 13.5. The Morgan fingerprint density at radius 2 is 1.74 bits per heavy atom. The first-order chi connectivity index (χ1) is 10.8. The van der Waals surface area contributed by atoms with Gasteiger partial charge in [-0.3, -0.25) is 0 Å². The van der Waals surface area contributed by atoms with Crippen LogP contribution in [-0.2, 0) is 23.1 Å². The molecule has 0 saturated carbocycles. The first-order valence-electron chi connectivity index (χ1n) is 7.27. The second kappa shape index (κ2) is 7.57. The highest BCUT2D eigenvalue weighted by Gasteiger charge is 2.15. The fourth-order valence-electron chi connectivity index (χ4n) is 2.27. The second-order valence-electron chi connectivity index (χ2n) is 5.74. The standard InChI is InChI=1S/C17H21BrN2O2S/c1-13-10-16(8-9-17(13)18)23(21,22)19-11-14-6-4-5-7-15(14)12-20(2)3/h4-10,19H,11-12H2,1-3H3. The highest BCUT2D eigenvalue weighted by Crippen LogP contribution is 2.20. The summed E-state index contributed by atoms with van der Waals surface area (Å²) in [7, 11) is 0.456. The van der Waals surface area contributed by atoms with Crippen LogP contribution in [-0.4, -0.2) is 27.4 Å². The molecule has 0 unspecified atom stereocenters. The number of benzene rings is 2. The van der Waals surface area contributed by atoms with Gasteiger partial charge in [-0.25, -0.2) is 13.1 Å². The average molecular weight is 397 g/mol. The van der Waals surface area contributed by atoms with Gasteiger partial charge in [-0.15, -0.1) is 0 Å². The molecule has 0 aliphatic heterocycles. The summed E-state index contributed by atoms with van der Waals surface area (Å²) in [6.45, 7) is 2.92.